The number of halogens is 2. The third-order valence-electron chi connectivity index (χ3n) is 3.13. The Labute approximate surface area is 132 Å². The van der Waals surface area contributed by atoms with E-state index in [1.165, 1.54) is 0 Å². The van der Waals surface area contributed by atoms with E-state index in [-0.39, 0.29) is 23.6 Å². The molecule has 2 amide bonds. The Bertz CT molecular complexity index is 572. The van der Waals surface area contributed by atoms with Crippen LogP contribution in [0, 0.1) is 5.92 Å². The fourth-order valence-corrected chi connectivity index (χ4v) is 2.21. The molecule has 5 nitrogen and oxygen atoms in total. The average Bonchev–Trinajstić information content (AvgIpc) is 2.47. The molecule has 0 radical (unpaired) electrons. The van der Waals surface area contributed by atoms with E-state index in [0.717, 1.165) is 11.3 Å². The van der Waals surface area contributed by atoms with Gasteiger partial charge < -0.3 is 5.32 Å². The molecule has 0 bridgehead atoms. The zero-order chi connectivity index (χ0) is 15.4. The number of alkyl halides is 2. The quantitative estimate of drug-likeness (QED) is 0.833. The summed E-state index contributed by atoms with van der Waals surface area (Å²) in [5, 5.41) is 6.00. The molecule has 0 spiro atoms. The first-order valence-corrected chi connectivity index (χ1v) is 7.46. The lowest BCUT2D eigenvalue weighted by Crippen LogP contribution is -2.31. The van der Waals surface area contributed by atoms with Crippen molar-refractivity contribution in [2.24, 2.45) is 11.0 Å². The molecule has 1 heterocycles. The van der Waals surface area contributed by atoms with Crippen LogP contribution in [-0.4, -0.2) is 28.8 Å². The van der Waals surface area contributed by atoms with Crippen molar-refractivity contribution in [2.45, 2.75) is 18.7 Å². The van der Waals surface area contributed by atoms with Crippen molar-refractivity contribution in [3.05, 3.63) is 29.8 Å². The highest BCUT2D eigenvalue weighted by Gasteiger charge is 2.21. The van der Waals surface area contributed by atoms with Crippen LogP contribution < -0.4 is 10.7 Å². The zero-order valence-corrected chi connectivity index (χ0v) is 12.9. The van der Waals surface area contributed by atoms with E-state index in [2.05, 4.69) is 15.8 Å². The van der Waals surface area contributed by atoms with Crippen LogP contribution in [0.1, 0.15) is 18.9 Å². The Kier molecular flexibility index (Phi) is 5.20. The molecular formula is C14H15Cl2N3O2. The minimum atomic E-state index is -0.760. The summed E-state index contributed by atoms with van der Waals surface area (Å²) in [5.41, 5.74) is 4.84. The zero-order valence-electron chi connectivity index (χ0n) is 11.4. The van der Waals surface area contributed by atoms with Gasteiger partial charge in [-0.15, -0.1) is 23.2 Å². The van der Waals surface area contributed by atoms with Gasteiger partial charge in [0.2, 0.25) is 11.8 Å². The molecule has 0 saturated carbocycles. The number of hydrazone groups is 1. The summed E-state index contributed by atoms with van der Waals surface area (Å²) < 4.78 is 0. The van der Waals surface area contributed by atoms with Crippen molar-refractivity contribution in [3.63, 3.8) is 0 Å². The smallest absolute Gasteiger partial charge is 0.243 e. The number of anilines is 1. The third kappa shape index (κ3) is 3.95. The van der Waals surface area contributed by atoms with Gasteiger partial charge in [0.05, 0.1) is 5.71 Å². The van der Waals surface area contributed by atoms with E-state index >= 15 is 0 Å². The summed E-state index contributed by atoms with van der Waals surface area (Å²) in [5.74, 6) is -0.304. The summed E-state index contributed by atoms with van der Waals surface area (Å²) >= 11 is 11.3. The van der Waals surface area contributed by atoms with Crippen LogP contribution in [0.5, 0.6) is 0 Å². The van der Waals surface area contributed by atoms with E-state index < -0.39 is 5.38 Å². The number of amides is 2. The summed E-state index contributed by atoms with van der Waals surface area (Å²) in [6.07, 6.45) is 0.418. The van der Waals surface area contributed by atoms with Crippen molar-refractivity contribution in [3.8, 4) is 0 Å². The SMILES string of the molecule is CC1CC(=O)NN=C1c1ccc(NC(=O)C(Cl)CCl)cc1. The van der Waals surface area contributed by atoms with Gasteiger partial charge in [-0.2, -0.15) is 5.10 Å². The molecule has 1 aliphatic rings. The molecule has 2 rings (SSSR count). The number of benzene rings is 1. The Morgan fingerprint density at radius 3 is 2.71 bits per heavy atom. The molecular weight excluding hydrogens is 313 g/mol. The van der Waals surface area contributed by atoms with Gasteiger partial charge in [-0.25, -0.2) is 5.43 Å². The van der Waals surface area contributed by atoms with Crippen molar-refractivity contribution < 1.29 is 9.59 Å². The van der Waals surface area contributed by atoms with Gasteiger partial charge in [-0.3, -0.25) is 9.59 Å². The van der Waals surface area contributed by atoms with Gasteiger partial charge in [-0.1, -0.05) is 19.1 Å². The molecule has 2 atom stereocenters. The van der Waals surface area contributed by atoms with Gasteiger partial charge >= 0.3 is 0 Å². The van der Waals surface area contributed by atoms with Crippen LogP contribution in [0.15, 0.2) is 29.4 Å². The minimum absolute atomic E-state index is 0.0551. The molecule has 0 aromatic heterocycles. The molecule has 0 fully saturated rings. The fourth-order valence-electron chi connectivity index (χ4n) is 2.02. The van der Waals surface area contributed by atoms with Crippen molar-refractivity contribution in [1.29, 1.82) is 0 Å². The highest BCUT2D eigenvalue weighted by molar-refractivity contribution is 6.37. The topological polar surface area (TPSA) is 70.6 Å². The maximum Gasteiger partial charge on any atom is 0.243 e. The molecule has 21 heavy (non-hydrogen) atoms. The van der Waals surface area contributed by atoms with E-state index in [9.17, 15) is 9.59 Å². The number of rotatable bonds is 4. The van der Waals surface area contributed by atoms with Crippen molar-refractivity contribution in [2.75, 3.05) is 11.2 Å². The predicted molar refractivity (Wildman–Crippen MR) is 83.9 cm³/mol. The third-order valence-corrected chi connectivity index (χ3v) is 3.95. The predicted octanol–water partition coefficient (Wildman–Crippen LogP) is 2.33. The van der Waals surface area contributed by atoms with Gasteiger partial charge in [0.15, 0.2) is 0 Å². The number of nitrogens with zero attached hydrogens (tertiary/aromatic N) is 1. The Morgan fingerprint density at radius 2 is 2.14 bits per heavy atom. The first-order chi connectivity index (χ1) is 10.0. The largest absolute Gasteiger partial charge is 0.325 e. The van der Waals surface area contributed by atoms with E-state index in [4.69, 9.17) is 23.2 Å². The molecule has 7 heteroatoms. The first-order valence-electron chi connectivity index (χ1n) is 6.49. The highest BCUT2D eigenvalue weighted by Crippen LogP contribution is 2.18. The maximum absolute atomic E-state index is 11.6. The molecule has 1 aromatic rings. The molecule has 2 unspecified atom stereocenters. The van der Waals surface area contributed by atoms with Crippen LogP contribution in [0.2, 0.25) is 0 Å². The first kappa shape index (κ1) is 15.8. The summed E-state index contributed by atoms with van der Waals surface area (Å²) in [6.45, 7) is 1.95. The highest BCUT2D eigenvalue weighted by atomic mass is 35.5. The number of carbonyl (C=O) groups is 2. The average molecular weight is 328 g/mol. The van der Waals surface area contributed by atoms with Gasteiger partial charge in [0.25, 0.3) is 0 Å². The molecule has 2 N–H and O–H groups in total. The minimum Gasteiger partial charge on any atom is -0.325 e. The van der Waals surface area contributed by atoms with Crippen LogP contribution in [0.25, 0.3) is 0 Å². The van der Waals surface area contributed by atoms with Gasteiger partial charge in [0, 0.05) is 23.9 Å². The van der Waals surface area contributed by atoms with Gasteiger partial charge in [0.1, 0.15) is 5.38 Å². The number of carbonyl (C=O) groups excluding carboxylic acids is 2. The van der Waals surface area contributed by atoms with E-state index in [0.29, 0.717) is 12.1 Å². The molecule has 112 valence electrons. The van der Waals surface area contributed by atoms with Crippen LogP contribution in [0.3, 0.4) is 0 Å². The second-order valence-corrected chi connectivity index (χ2v) is 5.66. The Morgan fingerprint density at radius 1 is 1.48 bits per heavy atom. The van der Waals surface area contributed by atoms with Crippen molar-refractivity contribution >= 4 is 46.4 Å². The number of hydrogen-bond donors (Lipinski definition) is 2. The standard InChI is InChI=1S/C14H15Cl2N3O2/c1-8-6-12(20)18-19-13(8)9-2-4-10(5-3-9)17-14(21)11(16)7-15/h2-5,8,11H,6-7H2,1H3,(H,17,21)(H,18,20). The molecule has 1 aliphatic heterocycles. The number of hydrogen-bond acceptors (Lipinski definition) is 3. The molecule has 0 saturated heterocycles. The van der Waals surface area contributed by atoms with Gasteiger partial charge in [-0.05, 0) is 17.7 Å². The lowest BCUT2D eigenvalue weighted by atomic mass is 9.94. The maximum atomic E-state index is 11.6. The Balaban J connectivity index is 2.09. The summed E-state index contributed by atoms with van der Waals surface area (Å²) in [4.78, 5) is 22.8. The fraction of sp³-hybridized carbons (Fsp3) is 0.357. The van der Waals surface area contributed by atoms with Crippen molar-refractivity contribution in [1.82, 2.24) is 5.43 Å². The Hall–Kier alpha value is -1.59. The van der Waals surface area contributed by atoms with E-state index in [1.54, 1.807) is 12.1 Å². The van der Waals surface area contributed by atoms with Crippen LogP contribution in [-0.2, 0) is 9.59 Å². The second kappa shape index (κ2) is 6.91. The number of nitrogens with one attached hydrogen (secondary N) is 2. The monoisotopic (exact) mass is 327 g/mol. The second-order valence-electron chi connectivity index (χ2n) is 4.83. The normalized spacial score (nSPS) is 19.5. The molecule has 1 aromatic carbocycles. The van der Waals surface area contributed by atoms with E-state index in [1.807, 2.05) is 19.1 Å². The lowest BCUT2D eigenvalue weighted by molar-refractivity contribution is -0.122. The van der Waals surface area contributed by atoms with Crippen LogP contribution >= 0.6 is 23.2 Å². The van der Waals surface area contributed by atoms with Crippen LogP contribution in [0.4, 0.5) is 5.69 Å². The lowest BCUT2D eigenvalue weighted by Gasteiger charge is -2.19. The summed E-state index contributed by atoms with van der Waals surface area (Å²) in [7, 11) is 0. The molecule has 0 aliphatic carbocycles. The summed E-state index contributed by atoms with van der Waals surface area (Å²) in [6, 6.07) is 7.20.